The van der Waals surface area contributed by atoms with Crippen LogP contribution in [0, 0.1) is 0 Å². The molecule has 0 saturated carbocycles. The van der Waals surface area contributed by atoms with Gasteiger partial charge in [-0.05, 0) is 18.1 Å². The van der Waals surface area contributed by atoms with Gasteiger partial charge in [0.15, 0.2) is 0 Å². The second kappa shape index (κ2) is 4.46. The molecule has 0 saturated heterocycles. The number of hydrogen-bond donors (Lipinski definition) is 0. The van der Waals surface area contributed by atoms with Crippen molar-refractivity contribution in [3.8, 4) is 0 Å². The maximum Gasteiger partial charge on any atom is 0.116 e. The van der Waals surface area contributed by atoms with E-state index >= 15 is 0 Å². The quantitative estimate of drug-likeness (QED) is 0.742. The summed E-state index contributed by atoms with van der Waals surface area (Å²) in [6, 6.07) is 4.27. The van der Waals surface area contributed by atoms with Gasteiger partial charge in [0.05, 0.1) is 17.1 Å². The minimum Gasteiger partial charge on any atom is -0.303 e. The summed E-state index contributed by atoms with van der Waals surface area (Å²) in [5.41, 5.74) is 3.44. The maximum absolute atomic E-state index is 5.92. The fraction of sp³-hybridized carbons (Fsp3) is 0.462. The van der Waals surface area contributed by atoms with Crippen LogP contribution < -0.4 is 0 Å². The highest BCUT2D eigenvalue weighted by molar-refractivity contribution is 6.17. The Hall–Kier alpha value is -1.02. The molecule has 0 bridgehead atoms. The lowest BCUT2D eigenvalue weighted by Gasteiger charge is -2.05. The molecule has 0 aliphatic rings. The van der Waals surface area contributed by atoms with E-state index in [1.165, 1.54) is 5.56 Å². The predicted molar refractivity (Wildman–Crippen MR) is 68.2 cm³/mol. The minimum absolute atomic E-state index is 0.413. The number of hydrogen-bond acceptors (Lipinski definition) is 1. The Balaban J connectivity index is 2.70. The van der Waals surface area contributed by atoms with Crippen molar-refractivity contribution in [3.05, 3.63) is 35.4 Å². The van der Waals surface area contributed by atoms with Gasteiger partial charge < -0.3 is 4.40 Å². The maximum atomic E-state index is 5.92. The highest BCUT2D eigenvalue weighted by Crippen LogP contribution is 2.21. The minimum atomic E-state index is 0.413. The zero-order valence-electron chi connectivity index (χ0n) is 10.00. The summed E-state index contributed by atoms with van der Waals surface area (Å²) in [5, 5.41) is 0. The van der Waals surface area contributed by atoms with Crippen molar-refractivity contribution in [2.75, 3.05) is 0 Å². The molecule has 3 heteroatoms. The number of alkyl halides is 1. The number of nitrogens with zero attached hydrogens (tertiary/aromatic N) is 2. The van der Waals surface area contributed by atoms with Crippen molar-refractivity contribution in [1.82, 2.24) is 9.38 Å². The summed E-state index contributed by atoms with van der Waals surface area (Å²) in [7, 11) is 0. The molecule has 0 unspecified atom stereocenters. The van der Waals surface area contributed by atoms with E-state index < -0.39 is 0 Å². The molecule has 2 nitrogen and oxygen atoms in total. The van der Waals surface area contributed by atoms with Gasteiger partial charge in [-0.15, -0.1) is 11.6 Å². The van der Waals surface area contributed by atoms with E-state index in [0.29, 0.717) is 11.8 Å². The molecule has 0 spiro atoms. The lowest BCUT2D eigenvalue weighted by Crippen LogP contribution is -1.97. The Labute approximate surface area is 101 Å². The van der Waals surface area contributed by atoms with E-state index in [1.807, 2.05) is 0 Å². The summed E-state index contributed by atoms with van der Waals surface area (Å²) in [4.78, 5) is 4.61. The van der Waals surface area contributed by atoms with Crippen LogP contribution in [0.4, 0.5) is 0 Å². The van der Waals surface area contributed by atoms with Gasteiger partial charge in [0.1, 0.15) is 5.82 Å². The van der Waals surface area contributed by atoms with Gasteiger partial charge in [-0.1, -0.05) is 26.8 Å². The van der Waals surface area contributed by atoms with Crippen LogP contribution >= 0.6 is 11.6 Å². The van der Waals surface area contributed by atoms with Crippen molar-refractivity contribution in [3.63, 3.8) is 0 Å². The van der Waals surface area contributed by atoms with E-state index in [0.717, 1.165) is 23.5 Å². The van der Waals surface area contributed by atoms with Crippen molar-refractivity contribution >= 4 is 17.1 Å². The van der Waals surface area contributed by atoms with E-state index in [9.17, 15) is 0 Å². The molecule has 2 heterocycles. The van der Waals surface area contributed by atoms with Crippen LogP contribution in [0.3, 0.4) is 0 Å². The molecule has 0 atom stereocenters. The second-order valence-electron chi connectivity index (χ2n) is 4.35. The van der Waals surface area contributed by atoms with Gasteiger partial charge in [-0.3, -0.25) is 0 Å². The third-order valence-electron chi connectivity index (χ3n) is 2.85. The molecule has 0 amide bonds. The van der Waals surface area contributed by atoms with Crippen LogP contribution in [-0.2, 0) is 12.3 Å². The molecule has 0 aliphatic carbocycles. The average Bonchev–Trinajstić information content (AvgIpc) is 2.66. The van der Waals surface area contributed by atoms with Crippen LogP contribution in [0.2, 0.25) is 0 Å². The largest absolute Gasteiger partial charge is 0.303 e. The molecular formula is C13H17ClN2. The molecule has 86 valence electrons. The van der Waals surface area contributed by atoms with Gasteiger partial charge in [0, 0.05) is 12.1 Å². The van der Waals surface area contributed by atoms with Crippen molar-refractivity contribution in [2.24, 2.45) is 0 Å². The predicted octanol–water partition coefficient (Wildman–Crippen LogP) is 3.76. The lowest BCUT2D eigenvalue weighted by atomic mass is 10.2. The zero-order valence-corrected chi connectivity index (χ0v) is 10.8. The van der Waals surface area contributed by atoms with Gasteiger partial charge >= 0.3 is 0 Å². The molecule has 2 aromatic rings. The Morgan fingerprint density at radius 3 is 2.69 bits per heavy atom. The van der Waals surface area contributed by atoms with Crippen LogP contribution in [0.15, 0.2) is 18.3 Å². The smallest absolute Gasteiger partial charge is 0.116 e. The average molecular weight is 237 g/mol. The highest BCUT2D eigenvalue weighted by atomic mass is 35.5. The van der Waals surface area contributed by atoms with E-state index in [-0.39, 0.29) is 0 Å². The lowest BCUT2D eigenvalue weighted by molar-refractivity contribution is 0.765. The molecule has 2 rings (SSSR count). The van der Waals surface area contributed by atoms with Gasteiger partial charge in [-0.2, -0.15) is 0 Å². The summed E-state index contributed by atoms with van der Waals surface area (Å²) in [6.45, 7) is 6.48. The first-order valence-corrected chi connectivity index (χ1v) is 6.26. The Morgan fingerprint density at radius 2 is 2.12 bits per heavy atom. The number of fused-ring (bicyclic) bond motifs is 1. The highest BCUT2D eigenvalue weighted by Gasteiger charge is 2.12. The van der Waals surface area contributed by atoms with Crippen LogP contribution in [0.5, 0.6) is 0 Å². The molecule has 0 fully saturated rings. The van der Waals surface area contributed by atoms with Gasteiger partial charge in [0.25, 0.3) is 0 Å². The molecule has 0 aromatic carbocycles. The van der Waals surface area contributed by atoms with Crippen LogP contribution in [-0.4, -0.2) is 9.38 Å². The zero-order chi connectivity index (χ0) is 11.7. The Bertz CT molecular complexity index is 500. The summed E-state index contributed by atoms with van der Waals surface area (Å²) in [6.07, 6.45) is 3.22. The monoisotopic (exact) mass is 236 g/mol. The molecular weight excluding hydrogens is 220 g/mol. The number of imidazole rings is 1. The standard InChI is InChI=1S/C13H17ClN2/c1-4-10-5-6-12-11(7-14)15-13(9(2)3)16(12)8-10/h5-6,8-9H,4,7H2,1-3H3. The van der Waals surface area contributed by atoms with Gasteiger partial charge in [-0.25, -0.2) is 4.98 Å². The Kier molecular flexibility index (Phi) is 3.20. The first-order chi connectivity index (χ1) is 7.67. The van der Waals surface area contributed by atoms with E-state index in [4.69, 9.17) is 11.6 Å². The molecule has 2 aromatic heterocycles. The number of halogens is 1. The summed E-state index contributed by atoms with van der Waals surface area (Å²) >= 11 is 5.92. The summed E-state index contributed by atoms with van der Waals surface area (Å²) < 4.78 is 2.18. The molecule has 0 N–H and O–H groups in total. The van der Waals surface area contributed by atoms with E-state index in [2.05, 4.69) is 48.5 Å². The number of aromatic nitrogens is 2. The van der Waals surface area contributed by atoms with Crippen molar-refractivity contribution < 1.29 is 0 Å². The first-order valence-electron chi connectivity index (χ1n) is 5.73. The third-order valence-corrected chi connectivity index (χ3v) is 3.11. The Morgan fingerprint density at radius 1 is 1.38 bits per heavy atom. The van der Waals surface area contributed by atoms with Crippen molar-refractivity contribution in [2.45, 2.75) is 39.0 Å². The molecule has 16 heavy (non-hydrogen) atoms. The second-order valence-corrected chi connectivity index (χ2v) is 4.62. The number of rotatable bonds is 3. The van der Waals surface area contributed by atoms with Crippen LogP contribution in [0.25, 0.3) is 5.52 Å². The van der Waals surface area contributed by atoms with Crippen LogP contribution in [0.1, 0.15) is 43.8 Å². The number of pyridine rings is 1. The SMILES string of the molecule is CCc1ccc2c(CCl)nc(C(C)C)n2c1. The summed E-state index contributed by atoms with van der Waals surface area (Å²) in [5.74, 6) is 1.99. The fourth-order valence-electron chi connectivity index (χ4n) is 1.93. The first kappa shape index (κ1) is 11.5. The van der Waals surface area contributed by atoms with Crippen molar-refractivity contribution in [1.29, 1.82) is 0 Å². The topological polar surface area (TPSA) is 17.3 Å². The molecule has 0 aliphatic heterocycles. The van der Waals surface area contributed by atoms with E-state index in [1.54, 1.807) is 0 Å². The number of aryl methyl sites for hydroxylation is 1. The third kappa shape index (κ3) is 1.82. The van der Waals surface area contributed by atoms with Gasteiger partial charge in [0.2, 0.25) is 0 Å². The fourth-order valence-corrected chi connectivity index (χ4v) is 2.13. The normalized spacial score (nSPS) is 11.6. The molecule has 0 radical (unpaired) electrons.